The minimum absolute atomic E-state index is 0.0303. The zero-order chi connectivity index (χ0) is 20.2. The Morgan fingerprint density at radius 2 is 2.03 bits per heavy atom. The standard InChI is InChI=1S/C21H29ClN2O4S/c1-14(10-22)12-29(25,26)24-5-2-3-16-11-23-6-4-15-7-20-21(28-13-27-20)8-17(15)19(23)9-18(16)24/h7-8,14,16,18-19H,2-6,9-13H2,1H3/t14?,16-,18+,19+/m1/s1. The number of alkyl halides is 1. The van der Waals surface area contributed by atoms with Gasteiger partial charge >= 0.3 is 0 Å². The van der Waals surface area contributed by atoms with Crippen molar-refractivity contribution in [2.75, 3.05) is 38.1 Å². The van der Waals surface area contributed by atoms with Crippen LogP contribution >= 0.6 is 11.6 Å². The molecule has 0 amide bonds. The second-order valence-electron chi connectivity index (χ2n) is 9.02. The Kier molecular flexibility index (Phi) is 5.21. The molecule has 4 aliphatic heterocycles. The summed E-state index contributed by atoms with van der Waals surface area (Å²) in [5.74, 6) is 2.55. The number of ether oxygens (including phenoxy) is 2. The first kappa shape index (κ1) is 19.9. The van der Waals surface area contributed by atoms with Gasteiger partial charge in [0.25, 0.3) is 0 Å². The largest absolute Gasteiger partial charge is 0.454 e. The molecule has 0 spiro atoms. The molecule has 0 aliphatic carbocycles. The molecule has 0 aromatic heterocycles. The van der Waals surface area contributed by atoms with E-state index in [4.69, 9.17) is 21.1 Å². The lowest BCUT2D eigenvalue weighted by Crippen LogP contribution is -2.58. The van der Waals surface area contributed by atoms with Crippen LogP contribution in [0.1, 0.15) is 43.4 Å². The molecule has 1 aromatic carbocycles. The molecule has 29 heavy (non-hydrogen) atoms. The maximum absolute atomic E-state index is 13.2. The van der Waals surface area contributed by atoms with E-state index in [0.29, 0.717) is 18.3 Å². The van der Waals surface area contributed by atoms with Gasteiger partial charge in [-0.05, 0) is 60.8 Å². The van der Waals surface area contributed by atoms with E-state index in [1.165, 1.54) is 11.1 Å². The molecule has 6 nitrogen and oxygen atoms in total. The molecule has 5 rings (SSSR count). The van der Waals surface area contributed by atoms with Gasteiger partial charge in [0.15, 0.2) is 11.5 Å². The highest BCUT2D eigenvalue weighted by Gasteiger charge is 2.46. The van der Waals surface area contributed by atoms with Crippen LogP contribution in [0.2, 0.25) is 0 Å². The van der Waals surface area contributed by atoms with Gasteiger partial charge in [-0.2, -0.15) is 4.31 Å². The topological polar surface area (TPSA) is 59.1 Å². The Labute approximate surface area is 178 Å². The highest BCUT2D eigenvalue weighted by molar-refractivity contribution is 7.89. The summed E-state index contributed by atoms with van der Waals surface area (Å²) in [6.45, 7) is 4.83. The summed E-state index contributed by atoms with van der Waals surface area (Å²) >= 11 is 5.92. The summed E-state index contributed by atoms with van der Waals surface area (Å²) in [7, 11) is -3.30. The molecule has 1 aromatic rings. The van der Waals surface area contributed by atoms with Crippen molar-refractivity contribution < 1.29 is 17.9 Å². The highest BCUT2D eigenvalue weighted by Crippen LogP contribution is 2.46. The summed E-state index contributed by atoms with van der Waals surface area (Å²) in [5, 5.41) is 0. The van der Waals surface area contributed by atoms with E-state index in [1.54, 1.807) is 0 Å². The first-order valence-corrected chi connectivity index (χ1v) is 12.8. The zero-order valence-electron chi connectivity index (χ0n) is 16.8. The highest BCUT2D eigenvalue weighted by atomic mass is 35.5. The quantitative estimate of drug-likeness (QED) is 0.673. The summed E-state index contributed by atoms with van der Waals surface area (Å²) in [6, 6.07) is 4.58. The van der Waals surface area contributed by atoms with E-state index >= 15 is 0 Å². The van der Waals surface area contributed by atoms with Gasteiger partial charge in [-0.15, -0.1) is 11.6 Å². The molecular weight excluding hydrogens is 412 g/mol. The van der Waals surface area contributed by atoms with Crippen LogP contribution in [0, 0.1) is 11.8 Å². The van der Waals surface area contributed by atoms with Gasteiger partial charge in [-0.25, -0.2) is 8.42 Å². The van der Waals surface area contributed by atoms with Crippen LogP contribution in [0.5, 0.6) is 11.5 Å². The molecule has 0 radical (unpaired) electrons. The molecule has 2 saturated heterocycles. The first-order chi connectivity index (χ1) is 14.0. The van der Waals surface area contributed by atoms with E-state index in [0.717, 1.165) is 50.3 Å². The number of nitrogens with zero attached hydrogens (tertiary/aromatic N) is 2. The molecule has 1 unspecified atom stereocenters. The van der Waals surface area contributed by atoms with Gasteiger partial charge in [-0.3, -0.25) is 4.90 Å². The number of halogens is 1. The average Bonchev–Trinajstić information content (AvgIpc) is 3.17. The van der Waals surface area contributed by atoms with Crippen LogP contribution in [-0.2, 0) is 16.4 Å². The van der Waals surface area contributed by atoms with Crippen molar-refractivity contribution in [2.24, 2.45) is 11.8 Å². The summed E-state index contributed by atoms with van der Waals surface area (Å²) < 4.78 is 39.4. The van der Waals surface area contributed by atoms with Gasteiger partial charge in [0.2, 0.25) is 16.8 Å². The Morgan fingerprint density at radius 3 is 2.83 bits per heavy atom. The average molecular weight is 441 g/mol. The van der Waals surface area contributed by atoms with E-state index in [2.05, 4.69) is 17.0 Å². The van der Waals surface area contributed by atoms with Crippen LogP contribution in [0.25, 0.3) is 0 Å². The third-order valence-corrected chi connectivity index (χ3v) is 9.70. The summed E-state index contributed by atoms with van der Waals surface area (Å²) in [4.78, 5) is 2.56. The molecule has 160 valence electrons. The van der Waals surface area contributed by atoms with Crippen LogP contribution in [0.15, 0.2) is 12.1 Å². The predicted molar refractivity (Wildman–Crippen MR) is 112 cm³/mol. The monoisotopic (exact) mass is 440 g/mol. The molecule has 4 atom stereocenters. The van der Waals surface area contributed by atoms with Crippen molar-refractivity contribution in [3.63, 3.8) is 0 Å². The van der Waals surface area contributed by atoms with Crippen molar-refractivity contribution in [3.05, 3.63) is 23.3 Å². The molecular formula is C21H29ClN2O4S. The van der Waals surface area contributed by atoms with Gasteiger partial charge in [0.05, 0.1) is 5.75 Å². The Balaban J connectivity index is 1.44. The number of piperidine rings is 2. The van der Waals surface area contributed by atoms with Crippen molar-refractivity contribution >= 4 is 21.6 Å². The number of sulfonamides is 1. The van der Waals surface area contributed by atoms with E-state index in [1.807, 2.05) is 11.2 Å². The molecule has 4 heterocycles. The third-order valence-electron chi connectivity index (χ3n) is 7.02. The van der Waals surface area contributed by atoms with Gasteiger partial charge in [0.1, 0.15) is 0 Å². The molecule has 0 N–H and O–H groups in total. The van der Waals surface area contributed by atoms with Crippen LogP contribution in [0.3, 0.4) is 0 Å². The fraction of sp³-hybridized carbons (Fsp3) is 0.714. The molecule has 0 saturated carbocycles. The van der Waals surface area contributed by atoms with Crippen molar-refractivity contribution in [3.8, 4) is 11.5 Å². The normalized spacial score (nSPS) is 30.3. The van der Waals surface area contributed by atoms with Gasteiger partial charge in [0, 0.05) is 37.6 Å². The molecule has 2 fully saturated rings. The lowest BCUT2D eigenvalue weighted by atomic mass is 9.77. The fourth-order valence-corrected chi connectivity index (χ4v) is 7.98. The first-order valence-electron chi connectivity index (χ1n) is 10.7. The van der Waals surface area contributed by atoms with Gasteiger partial charge < -0.3 is 9.47 Å². The lowest BCUT2D eigenvalue weighted by molar-refractivity contribution is 0.0218. The number of fused-ring (bicyclic) bond motifs is 5. The van der Waals surface area contributed by atoms with Crippen LogP contribution < -0.4 is 9.47 Å². The SMILES string of the molecule is CC(CCl)CS(=O)(=O)N1CCC[C@@H]2CN3CCc4cc5c(cc4[C@@H]3C[C@@H]21)OCO5. The molecule has 4 aliphatic rings. The third kappa shape index (κ3) is 3.54. The number of benzene rings is 1. The van der Waals surface area contributed by atoms with Crippen molar-refractivity contribution in [1.29, 1.82) is 0 Å². The van der Waals surface area contributed by atoms with E-state index < -0.39 is 10.0 Å². The Bertz CT molecular complexity index is 893. The predicted octanol–water partition coefficient (Wildman–Crippen LogP) is 3.00. The number of hydrogen-bond donors (Lipinski definition) is 0. The van der Waals surface area contributed by atoms with E-state index in [9.17, 15) is 8.42 Å². The molecule has 0 bridgehead atoms. The minimum Gasteiger partial charge on any atom is -0.454 e. The maximum Gasteiger partial charge on any atom is 0.231 e. The Hall–Kier alpha value is -1.02. The summed E-state index contributed by atoms with van der Waals surface area (Å²) in [6.07, 6.45) is 3.92. The zero-order valence-corrected chi connectivity index (χ0v) is 18.4. The van der Waals surface area contributed by atoms with E-state index in [-0.39, 0.29) is 30.5 Å². The Morgan fingerprint density at radius 1 is 1.24 bits per heavy atom. The smallest absolute Gasteiger partial charge is 0.231 e. The second kappa shape index (κ2) is 7.59. The number of hydrogen-bond acceptors (Lipinski definition) is 5. The van der Waals surface area contributed by atoms with Crippen LogP contribution in [-0.4, -0.2) is 61.7 Å². The lowest BCUT2D eigenvalue weighted by Gasteiger charge is -2.51. The minimum atomic E-state index is -3.30. The fourth-order valence-electron chi connectivity index (χ4n) is 5.64. The number of rotatable bonds is 4. The van der Waals surface area contributed by atoms with Crippen molar-refractivity contribution in [1.82, 2.24) is 9.21 Å². The van der Waals surface area contributed by atoms with Crippen LogP contribution in [0.4, 0.5) is 0 Å². The second-order valence-corrected chi connectivity index (χ2v) is 11.3. The van der Waals surface area contributed by atoms with Gasteiger partial charge in [-0.1, -0.05) is 6.92 Å². The maximum atomic E-state index is 13.2. The summed E-state index contributed by atoms with van der Waals surface area (Å²) in [5.41, 5.74) is 2.60. The molecule has 8 heteroatoms. The van der Waals surface area contributed by atoms with Crippen molar-refractivity contribution in [2.45, 2.75) is 44.7 Å².